The number of ketones is 1. The van der Waals surface area contributed by atoms with Crippen molar-refractivity contribution in [2.24, 2.45) is 0 Å². The van der Waals surface area contributed by atoms with Crippen molar-refractivity contribution < 1.29 is 14.7 Å². The van der Waals surface area contributed by atoms with Crippen LogP contribution < -0.4 is 5.32 Å². The number of carbonyl (C=O) groups excluding carboxylic acids is 2. The van der Waals surface area contributed by atoms with Crippen LogP contribution in [0.5, 0.6) is 0 Å². The molecule has 3 aromatic rings. The Morgan fingerprint density at radius 3 is 2.73 bits per heavy atom. The number of benzene rings is 1. The number of amides is 1. The molecule has 0 saturated heterocycles. The molecule has 1 atom stereocenters. The molecule has 152 valence electrons. The third-order valence-corrected chi connectivity index (χ3v) is 7.28. The fourth-order valence-electron chi connectivity index (χ4n) is 2.99. The van der Waals surface area contributed by atoms with Crippen LogP contribution in [0.25, 0.3) is 10.8 Å². The van der Waals surface area contributed by atoms with Crippen LogP contribution >= 0.6 is 23.1 Å². The number of aliphatic hydroxyl groups is 1. The zero-order chi connectivity index (χ0) is 21.3. The second-order valence-electron chi connectivity index (χ2n) is 7.33. The van der Waals surface area contributed by atoms with Crippen molar-refractivity contribution in [3.8, 4) is 6.07 Å². The highest BCUT2D eigenvalue weighted by Crippen LogP contribution is 2.32. The zero-order valence-corrected chi connectivity index (χ0v) is 17.8. The first-order chi connectivity index (χ1) is 14.4. The number of thiophene rings is 1. The number of Topliss-reactive ketones (excluding diaryl/α,β-unsaturated/α-hetero) is 1. The second kappa shape index (κ2) is 8.19. The summed E-state index contributed by atoms with van der Waals surface area (Å²) in [6, 6.07) is 13.0. The average molecular weight is 438 g/mol. The second-order valence-corrected chi connectivity index (χ2v) is 9.38. The third-order valence-electron chi connectivity index (χ3n) is 4.93. The molecular weight excluding hydrogens is 418 g/mol. The van der Waals surface area contributed by atoms with Gasteiger partial charge in [-0.15, -0.1) is 11.3 Å². The third kappa shape index (κ3) is 4.10. The maximum atomic E-state index is 12.7. The first kappa shape index (κ1) is 20.5. The van der Waals surface area contributed by atoms with Crippen LogP contribution in [0.2, 0.25) is 0 Å². The molecule has 1 saturated carbocycles. The van der Waals surface area contributed by atoms with Crippen LogP contribution in [-0.2, 0) is 10.4 Å². The Balaban J connectivity index is 1.47. The molecule has 1 amide bonds. The Bertz CT molecular complexity index is 1180. The Kier molecular flexibility index (Phi) is 5.60. The molecule has 8 heteroatoms. The molecule has 1 aromatic carbocycles. The van der Waals surface area contributed by atoms with E-state index < -0.39 is 11.5 Å². The molecule has 0 spiro atoms. The minimum Gasteiger partial charge on any atom is -0.375 e. The van der Waals surface area contributed by atoms with Gasteiger partial charge >= 0.3 is 0 Å². The topological polar surface area (TPSA) is 103 Å². The predicted molar refractivity (Wildman–Crippen MR) is 117 cm³/mol. The van der Waals surface area contributed by atoms with Gasteiger partial charge < -0.3 is 10.4 Å². The van der Waals surface area contributed by atoms with Gasteiger partial charge in [-0.1, -0.05) is 36.0 Å². The van der Waals surface area contributed by atoms with Crippen LogP contribution in [0.1, 0.15) is 39.9 Å². The fourth-order valence-corrected chi connectivity index (χ4v) is 4.95. The average Bonchev–Trinajstić information content (AvgIpc) is 3.41. The minimum atomic E-state index is -1.66. The van der Waals surface area contributed by atoms with Gasteiger partial charge in [-0.05, 0) is 31.9 Å². The van der Waals surface area contributed by atoms with Gasteiger partial charge in [0.2, 0.25) is 0 Å². The van der Waals surface area contributed by atoms with Gasteiger partial charge in [-0.25, -0.2) is 4.98 Å². The van der Waals surface area contributed by atoms with Crippen molar-refractivity contribution in [1.29, 1.82) is 5.26 Å². The summed E-state index contributed by atoms with van der Waals surface area (Å²) in [5.74, 6) is -0.377. The number of pyridine rings is 1. The largest absolute Gasteiger partial charge is 0.375 e. The molecule has 1 fully saturated rings. The molecule has 1 aliphatic carbocycles. The maximum absolute atomic E-state index is 12.7. The summed E-state index contributed by atoms with van der Waals surface area (Å²) in [5, 5.41) is 25.0. The van der Waals surface area contributed by atoms with Gasteiger partial charge in [-0.3, -0.25) is 9.59 Å². The van der Waals surface area contributed by atoms with Gasteiger partial charge in [-0.2, -0.15) is 5.26 Å². The van der Waals surface area contributed by atoms with Crippen LogP contribution in [0.15, 0.2) is 47.6 Å². The van der Waals surface area contributed by atoms with E-state index >= 15 is 0 Å². The molecule has 1 aliphatic rings. The molecule has 0 bridgehead atoms. The highest BCUT2D eigenvalue weighted by atomic mass is 32.2. The van der Waals surface area contributed by atoms with Crippen LogP contribution in [0, 0.1) is 11.3 Å². The summed E-state index contributed by atoms with van der Waals surface area (Å²) in [6.07, 6.45) is 3.39. The number of fused-ring (bicyclic) bond motifs is 1. The van der Waals surface area contributed by atoms with E-state index in [4.69, 9.17) is 0 Å². The lowest BCUT2D eigenvalue weighted by Crippen LogP contribution is -2.42. The van der Waals surface area contributed by atoms with Crippen molar-refractivity contribution in [3.63, 3.8) is 0 Å². The number of nitrogens with zero attached hydrogens (tertiary/aromatic N) is 2. The first-order valence-electron chi connectivity index (χ1n) is 9.47. The fraction of sp³-hybridized carbons (Fsp3) is 0.273. The van der Waals surface area contributed by atoms with Gasteiger partial charge in [0.25, 0.3) is 5.91 Å². The van der Waals surface area contributed by atoms with Crippen LogP contribution in [-0.4, -0.2) is 33.6 Å². The predicted octanol–water partition coefficient (Wildman–Crippen LogP) is 3.63. The molecule has 2 heterocycles. The van der Waals surface area contributed by atoms with Crippen molar-refractivity contribution >= 4 is 45.6 Å². The first-order valence-corrected chi connectivity index (χ1v) is 11.3. The van der Waals surface area contributed by atoms with E-state index in [-0.39, 0.29) is 17.6 Å². The molecule has 2 N–H and O–H groups in total. The van der Waals surface area contributed by atoms with Gasteiger partial charge in [0, 0.05) is 27.9 Å². The molecule has 0 radical (unpaired) electrons. The number of carbonyl (C=O) groups is 2. The zero-order valence-electron chi connectivity index (χ0n) is 16.2. The van der Waals surface area contributed by atoms with Crippen molar-refractivity contribution in [2.75, 3.05) is 5.75 Å². The Morgan fingerprint density at radius 2 is 2.03 bits per heavy atom. The smallest absolute Gasteiger partial charge is 0.257 e. The van der Waals surface area contributed by atoms with E-state index in [9.17, 15) is 20.0 Å². The SMILES string of the molecule is C[C@](O)(C(=O)NC1CC1)c1ccc(C(=O)CSc2ncc(C#N)c3ccccc23)s1. The van der Waals surface area contributed by atoms with E-state index in [2.05, 4.69) is 16.4 Å². The highest BCUT2D eigenvalue weighted by Gasteiger charge is 2.37. The molecule has 0 unspecified atom stereocenters. The molecule has 0 aliphatic heterocycles. The van der Waals surface area contributed by atoms with Crippen molar-refractivity contribution in [1.82, 2.24) is 10.3 Å². The highest BCUT2D eigenvalue weighted by molar-refractivity contribution is 8.00. The van der Waals surface area contributed by atoms with Crippen molar-refractivity contribution in [3.05, 3.63) is 57.9 Å². The quantitative estimate of drug-likeness (QED) is 0.432. The maximum Gasteiger partial charge on any atom is 0.257 e. The van der Waals surface area contributed by atoms with Gasteiger partial charge in [0.15, 0.2) is 11.4 Å². The number of thioether (sulfide) groups is 1. The Labute approximate surface area is 181 Å². The van der Waals surface area contributed by atoms with E-state index in [0.29, 0.717) is 20.3 Å². The summed E-state index contributed by atoms with van der Waals surface area (Å²) in [4.78, 5) is 30.3. The van der Waals surface area contributed by atoms with Crippen LogP contribution in [0.4, 0.5) is 0 Å². The van der Waals surface area contributed by atoms with Crippen molar-refractivity contribution in [2.45, 2.75) is 36.4 Å². The van der Waals surface area contributed by atoms with E-state index in [1.165, 1.54) is 24.9 Å². The number of nitrogens with one attached hydrogen (secondary N) is 1. The Morgan fingerprint density at radius 1 is 1.30 bits per heavy atom. The lowest BCUT2D eigenvalue weighted by atomic mass is 10.0. The molecule has 2 aromatic heterocycles. The number of hydrogen-bond donors (Lipinski definition) is 2. The standard InChI is InChI=1S/C22H19N3O3S2/c1-22(28,21(27)25-14-6-7-14)19-9-8-18(30-19)17(26)12-29-20-16-5-3-2-4-15(16)13(10-23)11-24-20/h2-5,8-9,11,14,28H,6-7,12H2,1H3,(H,25,27)/t22-/m1/s1. The molecule has 6 nitrogen and oxygen atoms in total. The van der Waals surface area contributed by atoms with Gasteiger partial charge in [0.05, 0.1) is 16.2 Å². The number of aromatic nitrogens is 1. The van der Waals surface area contributed by atoms with E-state index in [1.807, 2.05) is 24.3 Å². The molecular formula is C22H19N3O3S2. The summed E-state index contributed by atoms with van der Waals surface area (Å²) in [6.45, 7) is 1.45. The van der Waals surface area contributed by atoms with E-state index in [0.717, 1.165) is 35.0 Å². The molecule has 4 rings (SSSR count). The Hall–Kier alpha value is -2.73. The molecule has 30 heavy (non-hydrogen) atoms. The van der Waals surface area contributed by atoms with Crippen LogP contribution in [0.3, 0.4) is 0 Å². The number of nitriles is 1. The summed E-state index contributed by atoms with van der Waals surface area (Å²) in [5.41, 5.74) is -1.17. The minimum absolute atomic E-state index is 0.107. The summed E-state index contributed by atoms with van der Waals surface area (Å²) >= 11 is 2.44. The monoisotopic (exact) mass is 437 g/mol. The number of hydrogen-bond acceptors (Lipinski definition) is 7. The normalized spacial score (nSPS) is 15.4. The lowest BCUT2D eigenvalue weighted by Gasteiger charge is -2.20. The summed E-state index contributed by atoms with van der Waals surface area (Å²) in [7, 11) is 0. The number of rotatable bonds is 7. The van der Waals surface area contributed by atoms with Gasteiger partial charge in [0.1, 0.15) is 11.1 Å². The van der Waals surface area contributed by atoms with E-state index in [1.54, 1.807) is 12.1 Å². The summed E-state index contributed by atoms with van der Waals surface area (Å²) < 4.78 is 0. The lowest BCUT2D eigenvalue weighted by molar-refractivity contribution is -0.138.